The maximum atomic E-state index is 14.2. The second-order valence-electron chi connectivity index (χ2n) is 15.6. The van der Waals surface area contributed by atoms with Crippen LogP contribution in [0.2, 0.25) is 0 Å². The summed E-state index contributed by atoms with van der Waals surface area (Å²) in [5, 5.41) is 15.4. The van der Waals surface area contributed by atoms with Crippen molar-refractivity contribution in [1.29, 1.82) is 0 Å². The third kappa shape index (κ3) is 10.1. The standard InChI is InChI=1S/C37H49N7O11S3/c1-11-51-29(46)22-16-56-27(41-22)20-13-14-37(31-42-23(17-58-31)30(47)52-12-2,43-26(45)18(3)38-32(48)54-35(5,6)7)25(39-20)21-15-57-28(40-21)24-19(4)53-33(49)44(24)34(50)55-36(8,9)10/h15-20,24-25,39H,11-14H2,1-10H3,(H,38,48)(H,43,45)/t18-,19+,20+,24-,25+,37+/m0/s1. The van der Waals surface area contributed by atoms with Gasteiger partial charge in [0, 0.05) is 16.1 Å². The van der Waals surface area contributed by atoms with Gasteiger partial charge in [-0.05, 0) is 82.1 Å². The summed E-state index contributed by atoms with van der Waals surface area (Å²) in [6.45, 7) is 16.9. The minimum absolute atomic E-state index is 0.0256. The number of rotatable bonds is 11. The fraction of sp³-hybridized carbons (Fsp3) is 0.595. The Kier molecular flexibility index (Phi) is 13.5. The number of nitrogens with one attached hydrogen (secondary N) is 3. The summed E-state index contributed by atoms with van der Waals surface area (Å²) in [4.78, 5) is 93.9. The molecule has 2 aliphatic rings. The van der Waals surface area contributed by atoms with Crippen molar-refractivity contribution < 1.29 is 52.5 Å². The van der Waals surface area contributed by atoms with Crippen molar-refractivity contribution in [2.75, 3.05) is 13.2 Å². The second kappa shape index (κ2) is 17.6. The van der Waals surface area contributed by atoms with Crippen LogP contribution in [0.5, 0.6) is 0 Å². The van der Waals surface area contributed by atoms with Crippen molar-refractivity contribution in [3.63, 3.8) is 0 Å². The summed E-state index contributed by atoms with van der Waals surface area (Å²) < 4.78 is 26.8. The maximum Gasteiger partial charge on any atom is 0.420 e. The van der Waals surface area contributed by atoms with E-state index in [4.69, 9.17) is 28.7 Å². The first-order valence-electron chi connectivity index (χ1n) is 18.7. The molecule has 0 spiro atoms. The molecule has 6 atom stereocenters. The monoisotopic (exact) mass is 863 g/mol. The molecule has 58 heavy (non-hydrogen) atoms. The Bertz CT molecular complexity index is 2020. The lowest BCUT2D eigenvalue weighted by Crippen LogP contribution is -2.60. The molecule has 2 fully saturated rings. The van der Waals surface area contributed by atoms with E-state index in [0.717, 1.165) is 27.6 Å². The zero-order valence-electron chi connectivity index (χ0n) is 34.0. The highest BCUT2D eigenvalue weighted by molar-refractivity contribution is 7.10. The van der Waals surface area contributed by atoms with Crippen LogP contribution in [0.4, 0.5) is 14.4 Å². The molecule has 18 nitrogen and oxygen atoms in total. The van der Waals surface area contributed by atoms with Crippen molar-refractivity contribution in [2.45, 2.75) is 129 Å². The van der Waals surface area contributed by atoms with E-state index in [9.17, 15) is 28.8 Å². The zero-order chi connectivity index (χ0) is 42.7. The molecule has 0 saturated carbocycles. The molecule has 316 valence electrons. The Labute approximate surface area is 347 Å². The normalized spacial score (nSPS) is 22.7. The topological polar surface area (TPSA) is 227 Å². The van der Waals surface area contributed by atoms with Gasteiger partial charge in [0.05, 0.1) is 31.0 Å². The molecular formula is C37H49N7O11S3. The summed E-state index contributed by atoms with van der Waals surface area (Å²) in [5.41, 5.74) is -2.62. The highest BCUT2D eigenvalue weighted by Gasteiger charge is 2.53. The number of piperidine rings is 1. The summed E-state index contributed by atoms with van der Waals surface area (Å²) in [5.74, 6) is -1.82. The Hall–Kier alpha value is -4.73. The molecule has 0 unspecified atom stereocenters. The number of carbonyl (C=O) groups is 6. The number of ether oxygens (including phenoxy) is 5. The van der Waals surface area contributed by atoms with Gasteiger partial charge < -0.3 is 34.3 Å². The van der Waals surface area contributed by atoms with Crippen molar-refractivity contribution in [1.82, 2.24) is 35.8 Å². The lowest BCUT2D eigenvalue weighted by Gasteiger charge is -2.46. The van der Waals surface area contributed by atoms with Gasteiger partial charge in [0.2, 0.25) is 5.91 Å². The second-order valence-corrected chi connectivity index (χ2v) is 18.2. The van der Waals surface area contributed by atoms with Crippen molar-refractivity contribution in [2.24, 2.45) is 0 Å². The average Bonchev–Trinajstić information content (AvgIpc) is 3.94. The molecule has 21 heteroatoms. The average molecular weight is 864 g/mol. The first-order valence-corrected chi connectivity index (χ1v) is 21.3. The third-order valence-corrected chi connectivity index (χ3v) is 11.6. The highest BCUT2D eigenvalue weighted by atomic mass is 32.1. The number of cyclic esters (lactones) is 1. The number of aromatic nitrogens is 3. The predicted molar refractivity (Wildman–Crippen MR) is 212 cm³/mol. The Morgan fingerprint density at radius 1 is 0.914 bits per heavy atom. The van der Waals surface area contributed by atoms with Gasteiger partial charge in [-0.3, -0.25) is 10.1 Å². The number of hydrogen-bond donors (Lipinski definition) is 3. The Morgan fingerprint density at radius 3 is 2.14 bits per heavy atom. The van der Waals surface area contributed by atoms with Crippen LogP contribution >= 0.6 is 34.0 Å². The summed E-state index contributed by atoms with van der Waals surface area (Å²) in [7, 11) is 0. The van der Waals surface area contributed by atoms with Gasteiger partial charge in [-0.2, -0.15) is 4.90 Å². The van der Waals surface area contributed by atoms with Gasteiger partial charge >= 0.3 is 30.2 Å². The minimum Gasteiger partial charge on any atom is -0.461 e. The molecule has 0 bridgehead atoms. The predicted octanol–water partition coefficient (Wildman–Crippen LogP) is 6.32. The van der Waals surface area contributed by atoms with E-state index in [1.165, 1.54) is 23.6 Å². The van der Waals surface area contributed by atoms with Gasteiger partial charge in [0.1, 0.15) is 50.0 Å². The lowest BCUT2D eigenvalue weighted by atomic mass is 9.78. The Balaban J connectivity index is 1.61. The van der Waals surface area contributed by atoms with Crippen LogP contribution < -0.4 is 16.0 Å². The largest absolute Gasteiger partial charge is 0.461 e. The molecule has 5 rings (SSSR count). The van der Waals surface area contributed by atoms with Gasteiger partial charge in [0.25, 0.3) is 0 Å². The van der Waals surface area contributed by atoms with Gasteiger partial charge in [-0.1, -0.05) is 0 Å². The fourth-order valence-corrected chi connectivity index (χ4v) is 9.19. The van der Waals surface area contributed by atoms with Crippen LogP contribution in [0.25, 0.3) is 0 Å². The van der Waals surface area contributed by atoms with Crippen LogP contribution in [0, 0.1) is 0 Å². The summed E-state index contributed by atoms with van der Waals surface area (Å²) in [6, 6.07) is -3.46. The molecule has 3 aromatic rings. The van der Waals surface area contributed by atoms with E-state index in [-0.39, 0.29) is 31.0 Å². The number of carbonyl (C=O) groups excluding carboxylic acids is 6. The minimum atomic E-state index is -1.43. The van der Waals surface area contributed by atoms with E-state index in [2.05, 4.69) is 25.9 Å². The summed E-state index contributed by atoms with van der Waals surface area (Å²) in [6.07, 6.45) is -2.84. The number of thiazole rings is 3. The van der Waals surface area contributed by atoms with Gasteiger partial charge in [0.15, 0.2) is 11.4 Å². The molecular weight excluding hydrogens is 815 g/mol. The van der Waals surface area contributed by atoms with Crippen LogP contribution in [-0.2, 0) is 34.0 Å². The van der Waals surface area contributed by atoms with Crippen molar-refractivity contribution in [3.8, 4) is 0 Å². The first-order chi connectivity index (χ1) is 27.2. The van der Waals surface area contributed by atoms with E-state index in [1.54, 1.807) is 73.1 Å². The quantitative estimate of drug-likeness (QED) is 0.142. The van der Waals surface area contributed by atoms with Gasteiger partial charge in [-0.15, -0.1) is 34.0 Å². The van der Waals surface area contributed by atoms with Crippen molar-refractivity contribution >= 4 is 70.1 Å². The smallest absolute Gasteiger partial charge is 0.420 e. The van der Waals surface area contributed by atoms with E-state index >= 15 is 0 Å². The highest BCUT2D eigenvalue weighted by Crippen LogP contribution is 2.48. The summed E-state index contributed by atoms with van der Waals surface area (Å²) >= 11 is 3.54. The molecule has 3 aromatic heterocycles. The SMILES string of the molecule is CCOC(=O)c1csc([C@H]2CC[C@](NC(=O)[C@H](C)NC(=O)OC(C)(C)C)(c3nc(C(=O)OCC)cs3)[C@@H](c3csc([C@@H]4[C@@H](C)OC(=O)N4C(=O)OC(C)(C)C)n3)N2)n1. The lowest BCUT2D eigenvalue weighted by molar-refractivity contribution is -0.126. The molecule has 2 saturated heterocycles. The molecule has 0 aromatic carbocycles. The number of alkyl carbamates (subject to hydrolysis) is 1. The number of imide groups is 1. The number of nitrogens with zero attached hydrogens (tertiary/aromatic N) is 4. The first kappa shape index (κ1) is 44.4. The van der Waals surface area contributed by atoms with Crippen LogP contribution in [-0.4, -0.2) is 92.5 Å². The fourth-order valence-electron chi connectivity index (χ4n) is 6.28. The molecule has 5 heterocycles. The van der Waals surface area contributed by atoms with Crippen molar-refractivity contribution in [3.05, 3.63) is 48.2 Å². The number of amides is 4. The Morgan fingerprint density at radius 2 is 1.52 bits per heavy atom. The molecule has 0 aliphatic carbocycles. The molecule has 3 N–H and O–H groups in total. The van der Waals surface area contributed by atoms with E-state index in [0.29, 0.717) is 27.1 Å². The maximum absolute atomic E-state index is 14.2. The molecule has 0 radical (unpaired) electrons. The van der Waals surface area contributed by atoms with E-state index in [1.807, 2.05) is 0 Å². The molecule has 4 amide bonds. The van der Waals surface area contributed by atoms with Gasteiger partial charge in [-0.25, -0.2) is 38.9 Å². The van der Waals surface area contributed by atoms with E-state index < -0.39 is 83.1 Å². The number of hydrogen-bond acceptors (Lipinski definition) is 18. The zero-order valence-corrected chi connectivity index (χ0v) is 36.4. The van der Waals surface area contributed by atoms with Crippen LogP contribution in [0.3, 0.4) is 0 Å². The van der Waals surface area contributed by atoms with Crippen LogP contribution in [0.15, 0.2) is 16.1 Å². The molecule has 2 aliphatic heterocycles. The van der Waals surface area contributed by atoms with Crippen LogP contribution in [0.1, 0.15) is 142 Å². The third-order valence-electron chi connectivity index (χ3n) is 8.72. The number of esters is 2.